The van der Waals surface area contributed by atoms with E-state index in [-0.39, 0.29) is 40.7 Å². The summed E-state index contributed by atoms with van der Waals surface area (Å²) in [6.45, 7) is 6.12. The van der Waals surface area contributed by atoms with Crippen molar-refractivity contribution in [1.29, 1.82) is 0 Å². The van der Waals surface area contributed by atoms with E-state index in [1.54, 1.807) is 0 Å². The minimum absolute atomic E-state index is 0.0314. The molecular weight excluding hydrogens is 405 g/mol. The summed E-state index contributed by atoms with van der Waals surface area (Å²) in [5, 5.41) is 0.0314. The number of aromatic nitrogens is 2. The van der Waals surface area contributed by atoms with Gasteiger partial charge in [0, 0.05) is 31.8 Å². The number of benzene rings is 1. The van der Waals surface area contributed by atoms with Gasteiger partial charge in [-0.15, -0.1) is 0 Å². The molecule has 1 aromatic carbocycles. The van der Waals surface area contributed by atoms with Gasteiger partial charge in [0.2, 0.25) is 0 Å². The number of ether oxygens (including phenoxy) is 2. The summed E-state index contributed by atoms with van der Waals surface area (Å²) in [4.78, 5) is 27.3. The van der Waals surface area contributed by atoms with Gasteiger partial charge in [-0.25, -0.2) is 9.18 Å². The molecule has 1 saturated carbocycles. The molecule has 2 aliphatic rings. The fourth-order valence-electron chi connectivity index (χ4n) is 4.71. The lowest BCUT2D eigenvalue weighted by Crippen LogP contribution is -2.44. The zero-order valence-corrected chi connectivity index (χ0v) is 18.1. The first-order valence-electron chi connectivity index (χ1n) is 10.7. The Labute approximate surface area is 179 Å². The molecule has 1 saturated heterocycles. The van der Waals surface area contributed by atoms with Gasteiger partial charge in [0.1, 0.15) is 11.2 Å². The molecule has 31 heavy (non-hydrogen) atoms. The molecule has 4 N–H and O–H groups in total. The topological polar surface area (TPSA) is 118 Å². The van der Waals surface area contributed by atoms with Crippen LogP contribution in [0.2, 0.25) is 0 Å². The van der Waals surface area contributed by atoms with Crippen molar-refractivity contribution >= 4 is 16.6 Å². The molecule has 10 heteroatoms. The molecular formula is C21H30FN5O4. The van der Waals surface area contributed by atoms with Gasteiger partial charge in [-0.1, -0.05) is 6.92 Å². The molecule has 1 aliphatic carbocycles. The highest BCUT2D eigenvalue weighted by atomic mass is 19.1. The smallest absolute Gasteiger partial charge is 0.350 e. The molecule has 0 amide bonds. The molecule has 0 spiro atoms. The molecule has 2 fully saturated rings. The Bertz CT molecular complexity index is 1110. The molecule has 4 rings (SSSR count). The third kappa shape index (κ3) is 3.57. The Morgan fingerprint density at radius 2 is 2.00 bits per heavy atom. The Kier molecular flexibility index (Phi) is 5.69. The van der Waals surface area contributed by atoms with Gasteiger partial charge >= 0.3 is 5.69 Å². The monoisotopic (exact) mass is 435 g/mol. The number of rotatable bonds is 7. The van der Waals surface area contributed by atoms with E-state index in [9.17, 15) is 9.59 Å². The maximum absolute atomic E-state index is 15.4. The molecule has 3 atom stereocenters. The highest BCUT2D eigenvalue weighted by molar-refractivity contribution is 5.91. The number of nitrogens with zero attached hydrogens (tertiary/aromatic N) is 3. The zero-order chi connectivity index (χ0) is 22.4. The number of nitrogen functional groups attached to an aromatic ring is 1. The molecule has 1 aliphatic heterocycles. The molecule has 2 aromatic rings. The van der Waals surface area contributed by atoms with E-state index in [0.717, 1.165) is 18.9 Å². The predicted molar refractivity (Wildman–Crippen MR) is 117 cm³/mol. The molecule has 170 valence electrons. The van der Waals surface area contributed by atoms with E-state index in [1.807, 2.05) is 11.8 Å². The lowest BCUT2D eigenvalue weighted by molar-refractivity contribution is 0.113. The van der Waals surface area contributed by atoms with Crippen LogP contribution >= 0.6 is 0 Å². The SMILES string of the molecule is CCOC[C@H](N)[C@H]1CN(c2c(F)cc3c(=O)n(N)c(=O)n(C4CC4)c3c2OC)C[C@H]1C. The van der Waals surface area contributed by atoms with Crippen molar-refractivity contribution in [3.8, 4) is 5.75 Å². The van der Waals surface area contributed by atoms with Crippen molar-refractivity contribution in [2.45, 2.75) is 38.8 Å². The molecule has 1 aromatic heterocycles. The van der Waals surface area contributed by atoms with E-state index in [4.69, 9.17) is 21.1 Å². The van der Waals surface area contributed by atoms with E-state index in [2.05, 4.69) is 6.92 Å². The van der Waals surface area contributed by atoms with Gasteiger partial charge in [-0.2, -0.15) is 4.68 Å². The second-order valence-corrected chi connectivity index (χ2v) is 8.56. The Morgan fingerprint density at radius 3 is 2.61 bits per heavy atom. The van der Waals surface area contributed by atoms with E-state index in [0.29, 0.717) is 36.5 Å². The zero-order valence-electron chi connectivity index (χ0n) is 18.1. The van der Waals surface area contributed by atoms with Crippen LogP contribution in [0.5, 0.6) is 5.75 Å². The van der Waals surface area contributed by atoms with Crippen LogP contribution in [0.25, 0.3) is 10.9 Å². The molecule has 0 bridgehead atoms. The van der Waals surface area contributed by atoms with Crippen molar-refractivity contribution in [2.75, 3.05) is 44.2 Å². The molecule has 0 radical (unpaired) electrons. The summed E-state index contributed by atoms with van der Waals surface area (Å²) < 4.78 is 28.5. The summed E-state index contributed by atoms with van der Waals surface area (Å²) >= 11 is 0. The molecule has 2 heterocycles. The molecule has 0 unspecified atom stereocenters. The summed E-state index contributed by atoms with van der Waals surface area (Å²) in [7, 11) is 1.42. The van der Waals surface area contributed by atoms with E-state index in [1.165, 1.54) is 11.7 Å². The average molecular weight is 436 g/mol. The van der Waals surface area contributed by atoms with Crippen LogP contribution in [0.3, 0.4) is 0 Å². The lowest BCUT2D eigenvalue weighted by Gasteiger charge is -2.25. The standard InChI is InChI=1S/C21H30FN5O4/c1-4-31-10-16(23)14-9-25(8-11(14)2)18-15(22)7-13-17(19(18)30-3)26(12-5-6-12)21(29)27(24)20(13)28/h7,11-12,14,16H,4-6,8-10,23-24H2,1-3H3/t11-,14+,16+/m1/s1. The van der Waals surface area contributed by atoms with Crippen molar-refractivity contribution in [3.05, 3.63) is 32.7 Å². The van der Waals surface area contributed by atoms with Gasteiger partial charge in [-0.05, 0) is 37.7 Å². The Balaban J connectivity index is 1.85. The first kappa shape index (κ1) is 21.6. The van der Waals surface area contributed by atoms with E-state index < -0.39 is 17.1 Å². The van der Waals surface area contributed by atoms with Crippen LogP contribution < -0.4 is 32.5 Å². The highest BCUT2D eigenvalue weighted by Crippen LogP contribution is 2.44. The third-order valence-electron chi connectivity index (χ3n) is 6.45. The van der Waals surface area contributed by atoms with Crippen LogP contribution in [0.15, 0.2) is 15.7 Å². The Morgan fingerprint density at radius 1 is 1.29 bits per heavy atom. The van der Waals surface area contributed by atoms with Crippen molar-refractivity contribution in [1.82, 2.24) is 9.24 Å². The van der Waals surface area contributed by atoms with Crippen molar-refractivity contribution in [2.24, 2.45) is 17.6 Å². The van der Waals surface area contributed by atoms with Crippen molar-refractivity contribution in [3.63, 3.8) is 0 Å². The fourth-order valence-corrected chi connectivity index (χ4v) is 4.71. The maximum atomic E-state index is 15.4. The number of hydrogen-bond acceptors (Lipinski definition) is 7. The van der Waals surface area contributed by atoms with Gasteiger partial charge < -0.3 is 25.9 Å². The van der Waals surface area contributed by atoms with Crippen LogP contribution in [0.1, 0.15) is 32.7 Å². The predicted octanol–water partition coefficient (Wildman–Crippen LogP) is 0.796. The third-order valence-corrected chi connectivity index (χ3v) is 6.45. The first-order valence-corrected chi connectivity index (χ1v) is 10.7. The lowest BCUT2D eigenvalue weighted by atomic mass is 9.91. The maximum Gasteiger partial charge on any atom is 0.350 e. The normalized spacial score (nSPS) is 22.3. The minimum Gasteiger partial charge on any atom is -0.492 e. The van der Waals surface area contributed by atoms with Crippen molar-refractivity contribution < 1.29 is 13.9 Å². The van der Waals surface area contributed by atoms with E-state index >= 15 is 4.39 Å². The van der Waals surface area contributed by atoms with Crippen LogP contribution in [0.4, 0.5) is 10.1 Å². The summed E-state index contributed by atoms with van der Waals surface area (Å²) in [5.41, 5.74) is 5.52. The average Bonchev–Trinajstić information content (AvgIpc) is 3.51. The quantitative estimate of drug-likeness (QED) is 0.618. The van der Waals surface area contributed by atoms with Gasteiger partial charge in [0.15, 0.2) is 11.6 Å². The van der Waals surface area contributed by atoms with Gasteiger partial charge in [0.05, 0.1) is 19.1 Å². The van der Waals surface area contributed by atoms with Crippen LogP contribution in [-0.2, 0) is 4.74 Å². The largest absolute Gasteiger partial charge is 0.492 e. The summed E-state index contributed by atoms with van der Waals surface area (Å²) in [6, 6.07) is 0.904. The number of methoxy groups -OCH3 is 1. The summed E-state index contributed by atoms with van der Waals surface area (Å²) in [5.74, 6) is 5.60. The molecule has 9 nitrogen and oxygen atoms in total. The number of nitrogens with two attached hydrogens (primary N) is 2. The second kappa shape index (κ2) is 8.16. The van der Waals surface area contributed by atoms with Gasteiger partial charge in [0.25, 0.3) is 5.56 Å². The number of anilines is 1. The highest BCUT2D eigenvalue weighted by Gasteiger charge is 2.38. The number of halogens is 1. The van der Waals surface area contributed by atoms with Gasteiger partial charge in [-0.3, -0.25) is 9.36 Å². The fraction of sp³-hybridized carbons (Fsp3) is 0.619. The number of fused-ring (bicyclic) bond motifs is 1. The van der Waals surface area contributed by atoms with Crippen LogP contribution in [-0.4, -0.2) is 48.7 Å². The van der Waals surface area contributed by atoms with Crippen LogP contribution in [0, 0.1) is 17.7 Å². The first-order chi connectivity index (χ1) is 14.8. The Hall–Kier alpha value is -2.59. The minimum atomic E-state index is -0.743. The number of hydrogen-bond donors (Lipinski definition) is 2. The summed E-state index contributed by atoms with van der Waals surface area (Å²) in [6.07, 6.45) is 1.58. The second-order valence-electron chi connectivity index (χ2n) is 8.56.